The van der Waals surface area contributed by atoms with Gasteiger partial charge in [0.05, 0.1) is 0 Å². The Morgan fingerprint density at radius 1 is 1.37 bits per heavy atom. The first-order valence-corrected chi connectivity index (χ1v) is 7.37. The zero-order chi connectivity index (χ0) is 14.7. The largest absolute Gasteiger partial charge is 0.480 e. The Hall–Kier alpha value is -1.44. The topological polar surface area (TPSA) is 104 Å². The summed E-state index contributed by atoms with van der Waals surface area (Å²) in [6.07, 6.45) is 0. The molecule has 0 saturated carbocycles. The lowest BCUT2D eigenvalue weighted by atomic mass is 9.96. The minimum atomic E-state index is -3.77. The van der Waals surface area contributed by atoms with Crippen molar-refractivity contribution in [1.82, 2.24) is 4.90 Å². The Balaban J connectivity index is 2.55. The highest BCUT2D eigenvalue weighted by atomic mass is 32.2. The van der Waals surface area contributed by atoms with E-state index >= 15 is 0 Å². The van der Waals surface area contributed by atoms with Gasteiger partial charge >= 0.3 is 5.97 Å². The van der Waals surface area contributed by atoms with Crippen molar-refractivity contribution in [2.45, 2.75) is 49.9 Å². The molecule has 2 unspecified atom stereocenters. The fourth-order valence-corrected chi connectivity index (χ4v) is 4.87. The van der Waals surface area contributed by atoms with Gasteiger partial charge in [0.25, 0.3) is 5.91 Å². The molecule has 19 heavy (non-hydrogen) atoms. The molecule has 7 nitrogen and oxygen atoms in total. The average molecular weight is 288 g/mol. The summed E-state index contributed by atoms with van der Waals surface area (Å²) in [5.41, 5.74) is 0.588. The molecule has 2 rings (SSSR count). The Kier molecular flexibility index (Phi) is 2.78. The second kappa shape index (κ2) is 3.78. The molecule has 2 aliphatic rings. The van der Waals surface area contributed by atoms with E-state index < -0.39 is 43.9 Å². The van der Waals surface area contributed by atoms with E-state index in [4.69, 9.17) is 0 Å². The fourth-order valence-electron chi connectivity index (χ4n) is 2.68. The number of aliphatic carboxylic acids is 1. The summed E-state index contributed by atoms with van der Waals surface area (Å²) in [6.45, 7) is 6.01. The van der Waals surface area contributed by atoms with Crippen LogP contribution in [0.1, 0.15) is 27.7 Å². The molecule has 1 amide bonds. The van der Waals surface area contributed by atoms with Crippen molar-refractivity contribution >= 4 is 27.4 Å². The number of β-lactam (4-membered cyclic amide) rings is 1. The van der Waals surface area contributed by atoms with Gasteiger partial charge < -0.3 is 10.0 Å². The molecule has 0 aliphatic carbocycles. The molecular formula is C11H16N2O5S. The quantitative estimate of drug-likeness (QED) is 0.553. The van der Waals surface area contributed by atoms with E-state index in [1.807, 2.05) is 0 Å². The van der Waals surface area contributed by atoms with Gasteiger partial charge in [-0.2, -0.15) is 0 Å². The summed E-state index contributed by atoms with van der Waals surface area (Å²) in [4.78, 5) is 28.2. The van der Waals surface area contributed by atoms with E-state index in [1.54, 1.807) is 13.8 Å². The fraction of sp³-hybridized carbons (Fsp3) is 0.727. The summed E-state index contributed by atoms with van der Waals surface area (Å²) in [6, 6.07) is -2.35. The van der Waals surface area contributed by atoms with Crippen molar-refractivity contribution in [1.29, 1.82) is 0 Å². The number of nitrogens with zero attached hydrogens (tertiary/aromatic N) is 2. The molecule has 3 atom stereocenters. The molecule has 2 fully saturated rings. The highest BCUT2D eigenvalue weighted by Gasteiger charge is 2.72. The highest BCUT2D eigenvalue weighted by Crippen LogP contribution is 2.46. The number of amides is 1. The van der Waals surface area contributed by atoms with Crippen LogP contribution in [-0.4, -0.2) is 58.2 Å². The number of hydrogen-bond acceptors (Lipinski definition) is 5. The smallest absolute Gasteiger partial charge is 0.328 e. The second-order valence-corrected chi connectivity index (χ2v) is 8.17. The van der Waals surface area contributed by atoms with Crippen molar-refractivity contribution in [2.24, 2.45) is 4.99 Å². The van der Waals surface area contributed by atoms with E-state index in [-0.39, 0.29) is 0 Å². The molecule has 2 aliphatic heterocycles. The molecule has 0 aromatic carbocycles. The van der Waals surface area contributed by atoms with Gasteiger partial charge in [-0.05, 0) is 27.7 Å². The number of carboxylic acid groups (broad SMARTS) is 1. The van der Waals surface area contributed by atoms with Gasteiger partial charge in [0, 0.05) is 5.71 Å². The van der Waals surface area contributed by atoms with Gasteiger partial charge in [-0.15, -0.1) is 0 Å². The van der Waals surface area contributed by atoms with Gasteiger partial charge in [0.15, 0.2) is 21.3 Å². The van der Waals surface area contributed by atoms with Crippen LogP contribution in [0.2, 0.25) is 0 Å². The van der Waals surface area contributed by atoms with Gasteiger partial charge in [0.1, 0.15) is 10.8 Å². The molecule has 8 heteroatoms. The van der Waals surface area contributed by atoms with Crippen molar-refractivity contribution in [3.8, 4) is 0 Å². The van der Waals surface area contributed by atoms with Crippen LogP contribution in [-0.2, 0) is 19.4 Å². The van der Waals surface area contributed by atoms with E-state index in [1.165, 1.54) is 13.8 Å². The van der Waals surface area contributed by atoms with Gasteiger partial charge in [-0.3, -0.25) is 9.79 Å². The number of carbonyl (C=O) groups is 2. The molecule has 0 radical (unpaired) electrons. The lowest BCUT2D eigenvalue weighted by Gasteiger charge is -2.40. The van der Waals surface area contributed by atoms with Crippen LogP contribution < -0.4 is 0 Å². The van der Waals surface area contributed by atoms with Crippen molar-refractivity contribution < 1.29 is 23.1 Å². The van der Waals surface area contributed by atoms with E-state index in [0.29, 0.717) is 5.71 Å². The molecule has 0 spiro atoms. The van der Waals surface area contributed by atoms with Crippen LogP contribution in [0.25, 0.3) is 0 Å². The Morgan fingerprint density at radius 2 is 1.89 bits per heavy atom. The maximum atomic E-state index is 12.4. The number of sulfone groups is 1. The SMILES string of the molecule is CC(C)=NC1C(=O)N2C(C(=O)O)C(C)(C)S(=O)(=O)[C@H]12. The zero-order valence-electron chi connectivity index (χ0n) is 11.1. The Morgan fingerprint density at radius 3 is 2.32 bits per heavy atom. The summed E-state index contributed by atoms with van der Waals surface area (Å²) >= 11 is 0. The first-order valence-electron chi connectivity index (χ1n) is 5.83. The highest BCUT2D eigenvalue weighted by molar-refractivity contribution is 7.94. The van der Waals surface area contributed by atoms with Crippen LogP contribution in [0.5, 0.6) is 0 Å². The van der Waals surface area contributed by atoms with Crippen LogP contribution in [0.15, 0.2) is 4.99 Å². The first-order chi connectivity index (χ1) is 8.53. The lowest BCUT2D eigenvalue weighted by molar-refractivity contribution is -0.159. The standard InChI is InChI=1S/C11H16N2O5S/c1-5(2)12-6-8(14)13-7(10(15)16)11(3,4)19(17,18)9(6)13/h6-7,9H,1-4H3,(H,15,16)/t6?,7?,9-/m1/s1. The van der Waals surface area contributed by atoms with Gasteiger partial charge in [0.2, 0.25) is 0 Å². The van der Waals surface area contributed by atoms with E-state index in [9.17, 15) is 23.1 Å². The van der Waals surface area contributed by atoms with Crippen LogP contribution in [0, 0.1) is 0 Å². The Bertz CT molecular complexity index is 588. The molecule has 2 saturated heterocycles. The zero-order valence-corrected chi connectivity index (χ0v) is 11.9. The predicted octanol–water partition coefficient (Wildman–Crippen LogP) is -0.336. The molecule has 2 heterocycles. The van der Waals surface area contributed by atoms with Gasteiger partial charge in [-0.1, -0.05) is 0 Å². The molecule has 0 aromatic heterocycles. The third-order valence-electron chi connectivity index (χ3n) is 3.67. The minimum Gasteiger partial charge on any atom is -0.480 e. The number of hydrogen-bond donors (Lipinski definition) is 1. The summed E-state index contributed by atoms with van der Waals surface area (Å²) in [7, 11) is -3.77. The molecular weight excluding hydrogens is 272 g/mol. The second-order valence-electron chi connectivity index (χ2n) is 5.55. The Labute approximate surface area is 111 Å². The third-order valence-corrected chi connectivity index (χ3v) is 6.48. The normalized spacial score (nSPS) is 34.4. The molecule has 106 valence electrons. The summed E-state index contributed by atoms with van der Waals surface area (Å²) in [5, 5.41) is 8.05. The first kappa shape index (κ1) is 14.0. The van der Waals surface area contributed by atoms with Crippen LogP contribution in [0.3, 0.4) is 0 Å². The number of fused-ring (bicyclic) bond motifs is 1. The van der Waals surface area contributed by atoms with Crippen LogP contribution in [0.4, 0.5) is 0 Å². The van der Waals surface area contributed by atoms with Gasteiger partial charge in [-0.25, -0.2) is 13.2 Å². The number of rotatable bonds is 2. The van der Waals surface area contributed by atoms with Crippen molar-refractivity contribution in [3.63, 3.8) is 0 Å². The number of carboxylic acids is 1. The van der Waals surface area contributed by atoms with E-state index in [2.05, 4.69) is 4.99 Å². The van der Waals surface area contributed by atoms with E-state index in [0.717, 1.165) is 4.90 Å². The summed E-state index contributed by atoms with van der Waals surface area (Å²) < 4.78 is 23.3. The molecule has 0 bridgehead atoms. The maximum Gasteiger partial charge on any atom is 0.328 e. The van der Waals surface area contributed by atoms with Crippen LogP contribution >= 0.6 is 0 Å². The number of carbonyl (C=O) groups excluding carboxylic acids is 1. The molecule has 1 N–H and O–H groups in total. The predicted molar refractivity (Wildman–Crippen MR) is 67.6 cm³/mol. The summed E-state index contributed by atoms with van der Waals surface area (Å²) in [5.74, 6) is -1.84. The minimum absolute atomic E-state index is 0.534. The molecule has 0 aromatic rings. The average Bonchev–Trinajstić information content (AvgIpc) is 2.38. The monoisotopic (exact) mass is 288 g/mol. The number of aliphatic imine (C=N–C) groups is 1. The lowest BCUT2D eigenvalue weighted by Crippen LogP contribution is -2.66. The van der Waals surface area contributed by atoms with Crippen molar-refractivity contribution in [3.05, 3.63) is 0 Å². The third kappa shape index (κ3) is 1.55. The van der Waals surface area contributed by atoms with Crippen molar-refractivity contribution in [2.75, 3.05) is 0 Å². The maximum absolute atomic E-state index is 12.4.